The molecular weight excluding hydrogens is 156 g/mol. The van der Waals surface area contributed by atoms with E-state index in [0.717, 1.165) is 11.8 Å². The SMILES string of the molecule is C#CC(C)CCC(CC)C(C)CC. The van der Waals surface area contributed by atoms with Gasteiger partial charge in [-0.15, -0.1) is 12.3 Å². The maximum atomic E-state index is 5.36. The molecule has 0 aliphatic rings. The van der Waals surface area contributed by atoms with E-state index in [4.69, 9.17) is 6.42 Å². The van der Waals surface area contributed by atoms with Crippen molar-refractivity contribution in [3.63, 3.8) is 0 Å². The molecule has 0 fully saturated rings. The standard InChI is InChI=1S/C13H24/c1-6-11(4)9-10-13(8-3)12(5)7-2/h1,11-13H,7-10H2,2-5H3. The van der Waals surface area contributed by atoms with E-state index in [-0.39, 0.29) is 0 Å². The average molecular weight is 180 g/mol. The molecule has 0 bridgehead atoms. The summed E-state index contributed by atoms with van der Waals surface area (Å²) in [7, 11) is 0. The average Bonchev–Trinajstić information content (AvgIpc) is 2.17. The van der Waals surface area contributed by atoms with Crippen LogP contribution in [0.3, 0.4) is 0 Å². The number of terminal acetylenes is 1. The second-order valence-corrected chi connectivity index (χ2v) is 4.20. The Labute approximate surface area is 84.1 Å². The van der Waals surface area contributed by atoms with Crippen LogP contribution in [0.2, 0.25) is 0 Å². The molecule has 0 nitrogen and oxygen atoms in total. The number of rotatable bonds is 6. The molecule has 0 spiro atoms. The van der Waals surface area contributed by atoms with E-state index in [1.807, 2.05) is 0 Å². The fourth-order valence-corrected chi connectivity index (χ4v) is 1.77. The van der Waals surface area contributed by atoms with Gasteiger partial charge < -0.3 is 0 Å². The molecule has 3 atom stereocenters. The summed E-state index contributed by atoms with van der Waals surface area (Å²) in [5.41, 5.74) is 0. The minimum atomic E-state index is 0.457. The monoisotopic (exact) mass is 180 g/mol. The second kappa shape index (κ2) is 7.01. The third kappa shape index (κ3) is 4.98. The van der Waals surface area contributed by atoms with Crippen LogP contribution in [0.5, 0.6) is 0 Å². The Kier molecular flexibility index (Phi) is 6.77. The van der Waals surface area contributed by atoms with Crippen LogP contribution in [0, 0.1) is 30.1 Å². The Bertz CT molecular complexity index is 152. The maximum absolute atomic E-state index is 5.36. The van der Waals surface area contributed by atoms with Crippen molar-refractivity contribution in [1.29, 1.82) is 0 Å². The van der Waals surface area contributed by atoms with Crippen molar-refractivity contribution in [2.24, 2.45) is 17.8 Å². The predicted octanol–water partition coefficient (Wildman–Crippen LogP) is 4.11. The zero-order chi connectivity index (χ0) is 10.3. The first-order valence-corrected chi connectivity index (χ1v) is 5.61. The minimum Gasteiger partial charge on any atom is -0.120 e. The van der Waals surface area contributed by atoms with Crippen LogP contribution in [0.1, 0.15) is 53.4 Å². The van der Waals surface area contributed by atoms with E-state index < -0.39 is 0 Å². The van der Waals surface area contributed by atoms with Gasteiger partial charge in [0.1, 0.15) is 0 Å². The van der Waals surface area contributed by atoms with Crippen LogP contribution >= 0.6 is 0 Å². The zero-order valence-corrected chi connectivity index (χ0v) is 9.64. The highest BCUT2D eigenvalue weighted by atomic mass is 14.2. The molecule has 76 valence electrons. The summed E-state index contributed by atoms with van der Waals surface area (Å²) in [5, 5.41) is 0. The van der Waals surface area contributed by atoms with E-state index >= 15 is 0 Å². The summed E-state index contributed by atoms with van der Waals surface area (Å²) in [6.07, 6.45) is 10.4. The lowest BCUT2D eigenvalue weighted by molar-refractivity contribution is 0.302. The first-order valence-electron chi connectivity index (χ1n) is 5.61. The molecule has 0 aliphatic heterocycles. The summed E-state index contributed by atoms with van der Waals surface area (Å²) < 4.78 is 0. The van der Waals surface area contributed by atoms with Crippen LogP contribution < -0.4 is 0 Å². The van der Waals surface area contributed by atoms with E-state index in [9.17, 15) is 0 Å². The fraction of sp³-hybridized carbons (Fsp3) is 0.846. The summed E-state index contributed by atoms with van der Waals surface area (Å²) in [5.74, 6) is 4.99. The summed E-state index contributed by atoms with van der Waals surface area (Å²) in [6, 6.07) is 0. The Morgan fingerprint density at radius 2 is 1.69 bits per heavy atom. The van der Waals surface area contributed by atoms with E-state index in [1.54, 1.807) is 0 Å². The van der Waals surface area contributed by atoms with Crippen LogP contribution in [-0.4, -0.2) is 0 Å². The molecule has 0 heterocycles. The first kappa shape index (κ1) is 12.6. The Balaban J connectivity index is 3.79. The molecule has 0 N–H and O–H groups in total. The Morgan fingerprint density at radius 3 is 2.08 bits per heavy atom. The van der Waals surface area contributed by atoms with Crippen molar-refractivity contribution in [3.8, 4) is 12.3 Å². The molecule has 0 radical (unpaired) electrons. The van der Waals surface area contributed by atoms with Gasteiger partial charge in [0.25, 0.3) is 0 Å². The summed E-state index contributed by atoms with van der Waals surface area (Å²) in [4.78, 5) is 0. The summed E-state index contributed by atoms with van der Waals surface area (Å²) in [6.45, 7) is 9.06. The number of hydrogen-bond donors (Lipinski definition) is 0. The summed E-state index contributed by atoms with van der Waals surface area (Å²) >= 11 is 0. The molecule has 0 aliphatic carbocycles. The van der Waals surface area contributed by atoms with Gasteiger partial charge in [-0.25, -0.2) is 0 Å². The minimum absolute atomic E-state index is 0.457. The third-order valence-corrected chi connectivity index (χ3v) is 3.23. The van der Waals surface area contributed by atoms with Crippen molar-refractivity contribution >= 4 is 0 Å². The molecular formula is C13H24. The number of hydrogen-bond acceptors (Lipinski definition) is 0. The van der Waals surface area contributed by atoms with Crippen LogP contribution in [0.25, 0.3) is 0 Å². The van der Waals surface area contributed by atoms with Crippen molar-refractivity contribution in [2.45, 2.75) is 53.4 Å². The van der Waals surface area contributed by atoms with Crippen molar-refractivity contribution in [1.82, 2.24) is 0 Å². The molecule has 0 aromatic heterocycles. The lowest BCUT2D eigenvalue weighted by atomic mass is 9.84. The van der Waals surface area contributed by atoms with Gasteiger partial charge in [0.2, 0.25) is 0 Å². The van der Waals surface area contributed by atoms with Gasteiger partial charge in [0, 0.05) is 5.92 Å². The van der Waals surface area contributed by atoms with Crippen LogP contribution in [-0.2, 0) is 0 Å². The predicted molar refractivity (Wildman–Crippen MR) is 60.5 cm³/mol. The first-order chi connectivity index (χ1) is 6.15. The van der Waals surface area contributed by atoms with Crippen molar-refractivity contribution in [2.75, 3.05) is 0 Å². The highest BCUT2D eigenvalue weighted by Crippen LogP contribution is 2.25. The smallest absolute Gasteiger partial charge is 0.0172 e. The highest BCUT2D eigenvalue weighted by Gasteiger charge is 2.13. The van der Waals surface area contributed by atoms with Crippen molar-refractivity contribution in [3.05, 3.63) is 0 Å². The van der Waals surface area contributed by atoms with E-state index in [0.29, 0.717) is 5.92 Å². The van der Waals surface area contributed by atoms with Crippen LogP contribution in [0.4, 0.5) is 0 Å². The molecule has 0 rings (SSSR count). The third-order valence-electron chi connectivity index (χ3n) is 3.23. The molecule has 0 saturated heterocycles. The van der Waals surface area contributed by atoms with Gasteiger partial charge in [-0.05, 0) is 24.7 Å². The van der Waals surface area contributed by atoms with Gasteiger partial charge in [0.15, 0.2) is 0 Å². The lowest BCUT2D eigenvalue weighted by Gasteiger charge is -2.21. The van der Waals surface area contributed by atoms with Gasteiger partial charge in [0.05, 0.1) is 0 Å². The van der Waals surface area contributed by atoms with Gasteiger partial charge in [-0.1, -0.05) is 40.5 Å². The van der Waals surface area contributed by atoms with E-state index in [2.05, 4.69) is 33.6 Å². The highest BCUT2D eigenvalue weighted by molar-refractivity contribution is 4.90. The Morgan fingerprint density at radius 1 is 1.08 bits per heavy atom. The maximum Gasteiger partial charge on any atom is 0.0172 e. The molecule has 3 unspecified atom stereocenters. The van der Waals surface area contributed by atoms with Crippen LogP contribution in [0.15, 0.2) is 0 Å². The van der Waals surface area contributed by atoms with Gasteiger partial charge >= 0.3 is 0 Å². The molecule has 0 amide bonds. The molecule has 13 heavy (non-hydrogen) atoms. The largest absolute Gasteiger partial charge is 0.120 e. The second-order valence-electron chi connectivity index (χ2n) is 4.20. The molecule has 0 heteroatoms. The molecule has 0 saturated carbocycles. The topological polar surface area (TPSA) is 0 Å². The zero-order valence-electron chi connectivity index (χ0n) is 9.64. The van der Waals surface area contributed by atoms with Gasteiger partial charge in [-0.3, -0.25) is 0 Å². The lowest BCUT2D eigenvalue weighted by Crippen LogP contribution is -2.11. The van der Waals surface area contributed by atoms with Crippen molar-refractivity contribution < 1.29 is 0 Å². The van der Waals surface area contributed by atoms with E-state index in [1.165, 1.54) is 25.7 Å². The normalized spacial score (nSPS) is 17.5. The fourth-order valence-electron chi connectivity index (χ4n) is 1.77. The Hall–Kier alpha value is -0.440. The van der Waals surface area contributed by atoms with Gasteiger partial charge in [-0.2, -0.15) is 0 Å². The molecule has 0 aromatic rings. The quantitative estimate of drug-likeness (QED) is 0.540. The molecule has 0 aromatic carbocycles.